The van der Waals surface area contributed by atoms with Gasteiger partial charge in [-0.2, -0.15) is 0 Å². The van der Waals surface area contributed by atoms with Crippen molar-refractivity contribution in [3.63, 3.8) is 0 Å². The van der Waals surface area contributed by atoms with Crippen molar-refractivity contribution in [2.75, 3.05) is 31.7 Å². The van der Waals surface area contributed by atoms with E-state index in [0.29, 0.717) is 10.9 Å². The minimum Gasteiger partial charge on any atom is -0.389 e. The van der Waals surface area contributed by atoms with Crippen LogP contribution in [0.4, 0.5) is 5.82 Å². The molecule has 5 nitrogen and oxygen atoms in total. The van der Waals surface area contributed by atoms with Crippen LogP contribution in [0.2, 0.25) is 0 Å². The number of rotatable bonds is 4. The monoisotopic (exact) mass is 252 g/mol. The number of methoxy groups -OCH3 is 1. The highest BCUT2D eigenvalue weighted by Gasteiger charge is 2.25. The van der Waals surface area contributed by atoms with Crippen molar-refractivity contribution in [1.29, 1.82) is 0 Å². The second kappa shape index (κ2) is 5.37. The van der Waals surface area contributed by atoms with E-state index in [-0.39, 0.29) is 0 Å². The van der Waals surface area contributed by atoms with Crippen molar-refractivity contribution in [2.24, 2.45) is 11.7 Å². The predicted molar refractivity (Wildman–Crippen MR) is 70.1 cm³/mol. The number of thiocarbonyl (C=S) groups is 1. The lowest BCUT2D eigenvalue weighted by atomic mass is 10.1. The summed E-state index contributed by atoms with van der Waals surface area (Å²) in [5.41, 5.74) is 6.43. The van der Waals surface area contributed by atoms with E-state index in [2.05, 4.69) is 14.9 Å². The first-order valence-corrected chi connectivity index (χ1v) is 5.97. The van der Waals surface area contributed by atoms with Crippen LogP contribution < -0.4 is 10.6 Å². The minimum absolute atomic E-state index is 0.343. The molecular formula is C11H16N4OS. The molecule has 1 aliphatic heterocycles. The molecule has 17 heavy (non-hydrogen) atoms. The maximum absolute atomic E-state index is 5.68. The van der Waals surface area contributed by atoms with Crippen molar-refractivity contribution in [3.8, 4) is 0 Å². The SMILES string of the molecule is COCC1CCN(c2ncncc2C(N)=S)C1. The summed E-state index contributed by atoms with van der Waals surface area (Å²) in [7, 11) is 1.73. The van der Waals surface area contributed by atoms with E-state index in [9.17, 15) is 0 Å². The zero-order valence-corrected chi connectivity index (χ0v) is 10.6. The Balaban J connectivity index is 2.16. The molecule has 0 bridgehead atoms. The smallest absolute Gasteiger partial charge is 0.142 e. The molecule has 0 radical (unpaired) electrons. The molecular weight excluding hydrogens is 236 g/mol. The lowest BCUT2D eigenvalue weighted by Gasteiger charge is -2.19. The standard InChI is InChI=1S/C11H16N4OS/c1-16-6-8-2-3-15(5-8)11-9(10(12)17)4-13-7-14-11/h4,7-8H,2-3,5-6H2,1H3,(H2,12,17). The van der Waals surface area contributed by atoms with Crippen LogP contribution in [0.15, 0.2) is 12.5 Å². The Hall–Kier alpha value is -1.27. The van der Waals surface area contributed by atoms with Crippen LogP contribution >= 0.6 is 12.2 Å². The van der Waals surface area contributed by atoms with Gasteiger partial charge in [-0.3, -0.25) is 0 Å². The second-order valence-corrected chi connectivity index (χ2v) is 4.62. The molecule has 2 rings (SSSR count). The first-order valence-electron chi connectivity index (χ1n) is 5.56. The molecule has 0 spiro atoms. The topological polar surface area (TPSA) is 64.3 Å². The van der Waals surface area contributed by atoms with Crippen molar-refractivity contribution >= 4 is 23.0 Å². The Labute approximate surface area is 106 Å². The number of nitrogens with zero attached hydrogens (tertiary/aromatic N) is 3. The Morgan fingerprint density at radius 1 is 1.71 bits per heavy atom. The Bertz CT molecular complexity index is 412. The number of hydrogen-bond donors (Lipinski definition) is 1. The van der Waals surface area contributed by atoms with E-state index in [1.165, 1.54) is 6.33 Å². The van der Waals surface area contributed by atoms with Gasteiger partial charge in [0.05, 0.1) is 12.2 Å². The van der Waals surface area contributed by atoms with E-state index in [4.69, 9.17) is 22.7 Å². The molecule has 0 aliphatic carbocycles. The van der Waals surface area contributed by atoms with Crippen molar-refractivity contribution < 1.29 is 4.74 Å². The van der Waals surface area contributed by atoms with Crippen LogP contribution in [0.1, 0.15) is 12.0 Å². The summed E-state index contributed by atoms with van der Waals surface area (Å²) in [6, 6.07) is 0. The molecule has 1 aliphatic rings. The zero-order chi connectivity index (χ0) is 12.3. The molecule has 1 atom stereocenters. The molecule has 1 saturated heterocycles. The summed E-state index contributed by atoms with van der Waals surface area (Å²) < 4.78 is 5.18. The molecule has 0 aromatic carbocycles. The van der Waals surface area contributed by atoms with Gasteiger partial charge in [-0.25, -0.2) is 9.97 Å². The molecule has 1 unspecified atom stereocenters. The summed E-state index contributed by atoms with van der Waals surface area (Å²) in [4.78, 5) is 10.8. The van der Waals surface area contributed by atoms with Crippen LogP contribution in [0.5, 0.6) is 0 Å². The van der Waals surface area contributed by atoms with Gasteiger partial charge in [-0.1, -0.05) is 12.2 Å². The van der Waals surface area contributed by atoms with Crippen LogP contribution in [0.3, 0.4) is 0 Å². The Kier molecular flexibility index (Phi) is 3.86. The average molecular weight is 252 g/mol. The summed E-state index contributed by atoms with van der Waals surface area (Å²) in [6.07, 6.45) is 4.31. The molecule has 2 heterocycles. The van der Waals surface area contributed by atoms with Crippen molar-refractivity contribution in [3.05, 3.63) is 18.1 Å². The van der Waals surface area contributed by atoms with Gasteiger partial charge >= 0.3 is 0 Å². The van der Waals surface area contributed by atoms with Gasteiger partial charge in [0.1, 0.15) is 17.1 Å². The fraction of sp³-hybridized carbons (Fsp3) is 0.545. The highest BCUT2D eigenvalue weighted by Crippen LogP contribution is 2.24. The van der Waals surface area contributed by atoms with E-state index in [0.717, 1.165) is 37.5 Å². The van der Waals surface area contributed by atoms with Gasteiger partial charge in [0.15, 0.2) is 0 Å². The average Bonchev–Trinajstić information content (AvgIpc) is 2.78. The van der Waals surface area contributed by atoms with Crippen LogP contribution in [-0.2, 0) is 4.74 Å². The number of nitrogens with two attached hydrogens (primary N) is 1. The molecule has 0 saturated carbocycles. The molecule has 0 amide bonds. The lowest BCUT2D eigenvalue weighted by molar-refractivity contribution is 0.161. The Morgan fingerprint density at radius 3 is 3.24 bits per heavy atom. The number of hydrogen-bond acceptors (Lipinski definition) is 5. The molecule has 2 N–H and O–H groups in total. The molecule has 92 valence electrons. The minimum atomic E-state index is 0.343. The van der Waals surface area contributed by atoms with E-state index >= 15 is 0 Å². The summed E-state index contributed by atoms with van der Waals surface area (Å²) in [5.74, 6) is 1.39. The largest absolute Gasteiger partial charge is 0.389 e. The van der Waals surface area contributed by atoms with Crippen LogP contribution in [0, 0.1) is 5.92 Å². The second-order valence-electron chi connectivity index (χ2n) is 4.18. The first kappa shape index (κ1) is 12.2. The van der Waals surface area contributed by atoms with E-state index in [1.54, 1.807) is 13.3 Å². The number of anilines is 1. The predicted octanol–water partition coefficient (Wildman–Crippen LogP) is 0.584. The number of ether oxygens (including phenoxy) is 1. The van der Waals surface area contributed by atoms with Crippen molar-refractivity contribution in [1.82, 2.24) is 9.97 Å². The zero-order valence-electron chi connectivity index (χ0n) is 9.80. The quantitative estimate of drug-likeness (QED) is 0.791. The third-order valence-electron chi connectivity index (χ3n) is 2.94. The van der Waals surface area contributed by atoms with Crippen LogP contribution in [-0.4, -0.2) is 41.8 Å². The highest BCUT2D eigenvalue weighted by molar-refractivity contribution is 7.80. The first-order chi connectivity index (χ1) is 8.22. The Morgan fingerprint density at radius 2 is 2.53 bits per heavy atom. The van der Waals surface area contributed by atoms with Crippen molar-refractivity contribution in [2.45, 2.75) is 6.42 Å². The highest BCUT2D eigenvalue weighted by atomic mass is 32.1. The summed E-state index contributed by atoms with van der Waals surface area (Å²) in [5, 5.41) is 0. The summed E-state index contributed by atoms with van der Waals surface area (Å²) >= 11 is 5.01. The third kappa shape index (κ3) is 2.70. The maximum atomic E-state index is 5.68. The van der Waals surface area contributed by atoms with E-state index < -0.39 is 0 Å². The van der Waals surface area contributed by atoms with Gasteiger partial charge in [0, 0.05) is 32.3 Å². The normalized spacial score (nSPS) is 19.6. The molecule has 1 aromatic rings. The van der Waals surface area contributed by atoms with Gasteiger partial charge in [0.2, 0.25) is 0 Å². The third-order valence-corrected chi connectivity index (χ3v) is 3.16. The summed E-state index contributed by atoms with van der Waals surface area (Å²) in [6.45, 7) is 2.67. The van der Waals surface area contributed by atoms with Gasteiger partial charge in [-0.05, 0) is 6.42 Å². The van der Waals surface area contributed by atoms with Crippen LogP contribution in [0.25, 0.3) is 0 Å². The number of aromatic nitrogens is 2. The molecule has 1 fully saturated rings. The van der Waals surface area contributed by atoms with E-state index in [1.807, 2.05) is 0 Å². The maximum Gasteiger partial charge on any atom is 0.142 e. The van der Waals surface area contributed by atoms with Gasteiger partial charge in [0.25, 0.3) is 0 Å². The lowest BCUT2D eigenvalue weighted by Crippen LogP contribution is -2.25. The van der Waals surface area contributed by atoms with Gasteiger partial charge < -0.3 is 15.4 Å². The fourth-order valence-corrected chi connectivity index (χ4v) is 2.29. The van der Waals surface area contributed by atoms with Gasteiger partial charge in [-0.15, -0.1) is 0 Å². The molecule has 6 heteroatoms. The molecule has 1 aromatic heterocycles. The fourth-order valence-electron chi connectivity index (χ4n) is 2.15.